The van der Waals surface area contributed by atoms with Crippen LogP contribution in [-0.2, 0) is 0 Å². The van der Waals surface area contributed by atoms with Crippen LogP contribution in [0.15, 0.2) is 53.7 Å². The fourth-order valence-corrected chi connectivity index (χ4v) is 2.40. The van der Waals surface area contributed by atoms with Crippen molar-refractivity contribution < 1.29 is 9.52 Å². The van der Waals surface area contributed by atoms with Gasteiger partial charge in [0, 0.05) is 29.3 Å². The third-order valence-electron chi connectivity index (χ3n) is 2.74. The summed E-state index contributed by atoms with van der Waals surface area (Å²) in [5.41, 5.74) is 1.74. The van der Waals surface area contributed by atoms with E-state index in [0.717, 1.165) is 5.75 Å². The van der Waals surface area contributed by atoms with Crippen molar-refractivity contribution in [3.63, 3.8) is 0 Å². The van der Waals surface area contributed by atoms with Crippen LogP contribution in [0.5, 0.6) is 0 Å². The third-order valence-corrected chi connectivity index (χ3v) is 3.76. The quantitative estimate of drug-likeness (QED) is 0.397. The van der Waals surface area contributed by atoms with Crippen molar-refractivity contribution in [1.29, 1.82) is 0 Å². The first kappa shape index (κ1) is 14.4. The number of aromatic nitrogens is 1. The average Bonchev–Trinajstić information content (AvgIpc) is 2.46. The molecule has 2 aromatic rings. The summed E-state index contributed by atoms with van der Waals surface area (Å²) in [6, 6.07) is 11.3. The highest BCUT2D eigenvalue weighted by Crippen LogP contribution is 2.17. The molecule has 1 aromatic heterocycles. The van der Waals surface area contributed by atoms with Crippen LogP contribution in [0.2, 0.25) is 0 Å². The molecule has 20 heavy (non-hydrogen) atoms. The zero-order chi connectivity index (χ0) is 14.4. The molecule has 0 aliphatic rings. The SMILES string of the molecule is Cc1ccc(SCCNC(=O)c2cc[n+]([O-])cc2)cc1. The Hall–Kier alpha value is -2.01. The number of aryl methyl sites for hydroxylation is 1. The molecule has 104 valence electrons. The van der Waals surface area contributed by atoms with Gasteiger partial charge < -0.3 is 10.5 Å². The molecular weight excluding hydrogens is 272 g/mol. The van der Waals surface area contributed by atoms with Crippen molar-refractivity contribution in [2.24, 2.45) is 0 Å². The average molecular weight is 288 g/mol. The largest absolute Gasteiger partial charge is 0.619 e. The Kier molecular flexibility index (Phi) is 5.01. The second-order valence-electron chi connectivity index (χ2n) is 4.36. The van der Waals surface area contributed by atoms with E-state index in [1.165, 1.54) is 35.0 Å². The summed E-state index contributed by atoms with van der Waals surface area (Å²) >= 11 is 1.70. The van der Waals surface area contributed by atoms with Crippen LogP contribution in [0, 0.1) is 12.1 Å². The minimum absolute atomic E-state index is 0.157. The molecule has 0 fully saturated rings. The zero-order valence-corrected chi connectivity index (χ0v) is 12.0. The first-order valence-corrected chi connectivity index (χ1v) is 7.30. The summed E-state index contributed by atoms with van der Waals surface area (Å²) in [4.78, 5) is 13.0. The van der Waals surface area contributed by atoms with E-state index in [1.54, 1.807) is 11.8 Å². The molecule has 4 nitrogen and oxygen atoms in total. The first-order valence-electron chi connectivity index (χ1n) is 6.31. The Morgan fingerprint density at radius 1 is 1.20 bits per heavy atom. The lowest BCUT2D eigenvalue weighted by atomic mass is 10.2. The number of thioether (sulfide) groups is 1. The second-order valence-corrected chi connectivity index (χ2v) is 5.53. The van der Waals surface area contributed by atoms with Gasteiger partial charge in [-0.25, -0.2) is 0 Å². The first-order chi connectivity index (χ1) is 9.65. The lowest BCUT2D eigenvalue weighted by molar-refractivity contribution is -0.605. The summed E-state index contributed by atoms with van der Waals surface area (Å²) in [6.07, 6.45) is 2.63. The van der Waals surface area contributed by atoms with E-state index in [-0.39, 0.29) is 5.91 Å². The number of amides is 1. The molecule has 0 spiro atoms. The highest BCUT2D eigenvalue weighted by Gasteiger charge is 2.05. The summed E-state index contributed by atoms with van der Waals surface area (Å²) in [6.45, 7) is 2.64. The standard InChI is InChI=1S/C15H16N2O2S/c1-12-2-4-14(5-3-12)20-11-8-16-15(18)13-6-9-17(19)10-7-13/h2-7,9-10H,8,11H2,1H3,(H,16,18). The summed E-state index contributed by atoms with van der Waals surface area (Å²) in [7, 11) is 0. The van der Waals surface area contributed by atoms with E-state index in [0.29, 0.717) is 16.8 Å². The number of nitrogens with one attached hydrogen (secondary N) is 1. The van der Waals surface area contributed by atoms with Gasteiger partial charge in [-0.15, -0.1) is 11.8 Å². The molecular formula is C15H16N2O2S. The maximum absolute atomic E-state index is 11.8. The van der Waals surface area contributed by atoms with Gasteiger partial charge in [0.1, 0.15) is 0 Å². The van der Waals surface area contributed by atoms with Gasteiger partial charge in [-0.2, -0.15) is 4.73 Å². The Balaban J connectivity index is 1.74. The van der Waals surface area contributed by atoms with E-state index in [4.69, 9.17) is 0 Å². The van der Waals surface area contributed by atoms with Crippen LogP contribution in [-0.4, -0.2) is 18.2 Å². The van der Waals surface area contributed by atoms with Gasteiger partial charge in [0.05, 0.1) is 5.56 Å². The fourth-order valence-electron chi connectivity index (χ4n) is 1.63. The van der Waals surface area contributed by atoms with Crippen LogP contribution in [0.4, 0.5) is 0 Å². The molecule has 0 aliphatic heterocycles. The Morgan fingerprint density at radius 2 is 1.85 bits per heavy atom. The van der Waals surface area contributed by atoms with Gasteiger partial charge in [-0.1, -0.05) is 17.7 Å². The summed E-state index contributed by atoms with van der Waals surface area (Å²) < 4.78 is 0.657. The van der Waals surface area contributed by atoms with Crippen molar-refractivity contribution in [3.8, 4) is 0 Å². The number of pyridine rings is 1. The van der Waals surface area contributed by atoms with Crippen LogP contribution < -0.4 is 10.0 Å². The van der Waals surface area contributed by atoms with Crippen LogP contribution in [0.1, 0.15) is 15.9 Å². The number of benzene rings is 1. The monoisotopic (exact) mass is 288 g/mol. The van der Waals surface area contributed by atoms with Crippen LogP contribution in [0.25, 0.3) is 0 Å². The minimum atomic E-state index is -0.157. The van der Waals surface area contributed by atoms with E-state index >= 15 is 0 Å². The molecule has 0 atom stereocenters. The normalized spacial score (nSPS) is 10.2. The number of carbonyl (C=O) groups excluding carboxylic acids is 1. The van der Waals surface area contributed by atoms with Gasteiger partial charge in [0.2, 0.25) is 0 Å². The predicted molar refractivity (Wildman–Crippen MR) is 79.6 cm³/mol. The molecule has 0 radical (unpaired) electrons. The molecule has 2 rings (SSSR count). The molecule has 0 saturated heterocycles. The Morgan fingerprint density at radius 3 is 2.50 bits per heavy atom. The van der Waals surface area contributed by atoms with Gasteiger partial charge in [-0.05, 0) is 19.1 Å². The highest BCUT2D eigenvalue weighted by atomic mass is 32.2. The lowest BCUT2D eigenvalue weighted by Crippen LogP contribution is -2.28. The van der Waals surface area contributed by atoms with E-state index in [1.807, 2.05) is 0 Å². The molecule has 5 heteroatoms. The fraction of sp³-hybridized carbons (Fsp3) is 0.200. The number of rotatable bonds is 5. The number of carbonyl (C=O) groups is 1. The van der Waals surface area contributed by atoms with Crippen molar-refractivity contribution in [2.75, 3.05) is 12.3 Å². The van der Waals surface area contributed by atoms with Gasteiger partial charge in [0.15, 0.2) is 12.4 Å². The second kappa shape index (κ2) is 6.96. The lowest BCUT2D eigenvalue weighted by Gasteiger charge is -2.05. The summed E-state index contributed by atoms with van der Waals surface area (Å²) in [5, 5.41) is 13.7. The third kappa shape index (κ3) is 4.28. The Labute approximate surface area is 122 Å². The number of hydrogen-bond acceptors (Lipinski definition) is 3. The van der Waals surface area contributed by atoms with Crippen molar-refractivity contribution in [2.45, 2.75) is 11.8 Å². The van der Waals surface area contributed by atoms with Crippen LogP contribution in [0.3, 0.4) is 0 Å². The van der Waals surface area contributed by atoms with Crippen molar-refractivity contribution in [3.05, 3.63) is 65.1 Å². The molecule has 0 aliphatic carbocycles. The topological polar surface area (TPSA) is 56.0 Å². The highest BCUT2D eigenvalue weighted by molar-refractivity contribution is 7.99. The molecule has 1 aromatic carbocycles. The van der Waals surface area contributed by atoms with E-state index < -0.39 is 0 Å². The molecule has 1 amide bonds. The number of nitrogens with zero attached hydrogens (tertiary/aromatic N) is 1. The number of hydrogen-bond donors (Lipinski definition) is 1. The zero-order valence-electron chi connectivity index (χ0n) is 11.2. The van der Waals surface area contributed by atoms with E-state index in [9.17, 15) is 10.0 Å². The molecule has 1 heterocycles. The minimum Gasteiger partial charge on any atom is -0.619 e. The van der Waals surface area contributed by atoms with Crippen molar-refractivity contribution in [1.82, 2.24) is 5.32 Å². The Bertz CT molecular complexity index is 567. The van der Waals surface area contributed by atoms with Crippen molar-refractivity contribution >= 4 is 17.7 Å². The van der Waals surface area contributed by atoms with Gasteiger partial charge >= 0.3 is 0 Å². The smallest absolute Gasteiger partial charge is 0.251 e. The maximum Gasteiger partial charge on any atom is 0.251 e. The maximum atomic E-state index is 11.8. The predicted octanol–water partition coefficient (Wildman–Crippen LogP) is 2.15. The molecule has 1 N–H and O–H groups in total. The molecule has 0 bridgehead atoms. The van der Waals surface area contributed by atoms with Gasteiger partial charge in [-0.3, -0.25) is 4.79 Å². The molecule has 0 saturated carbocycles. The van der Waals surface area contributed by atoms with E-state index in [2.05, 4.69) is 36.5 Å². The summed E-state index contributed by atoms with van der Waals surface area (Å²) in [5.74, 6) is 0.651. The van der Waals surface area contributed by atoms with Gasteiger partial charge in [0.25, 0.3) is 5.91 Å². The molecule has 0 unspecified atom stereocenters. The van der Waals surface area contributed by atoms with Crippen LogP contribution >= 0.6 is 11.8 Å².